The van der Waals surface area contributed by atoms with Gasteiger partial charge in [0.25, 0.3) is 0 Å². The Hall–Kier alpha value is -4.75. The molecule has 0 bridgehead atoms. The number of rotatable bonds is 9. The van der Waals surface area contributed by atoms with Crippen molar-refractivity contribution in [1.82, 2.24) is 4.31 Å². The zero-order valence-electron chi connectivity index (χ0n) is 26.5. The van der Waals surface area contributed by atoms with Crippen molar-refractivity contribution in [2.45, 2.75) is 29.3 Å². The van der Waals surface area contributed by atoms with E-state index < -0.39 is 57.3 Å². The van der Waals surface area contributed by atoms with Gasteiger partial charge in [-0.3, -0.25) is 9.59 Å². The first-order valence-electron chi connectivity index (χ1n) is 14.1. The Morgan fingerprint density at radius 1 is 0.761 bits per heavy atom. The Morgan fingerprint density at radius 3 is 1.78 bits per heavy atom. The van der Waals surface area contributed by atoms with E-state index in [2.05, 4.69) is 0 Å². The molecule has 2 atom stereocenters. The minimum Gasteiger partial charge on any atom is -0.468 e. The number of carbonyl (C=O) groups excluding carboxylic acids is 4. The second kappa shape index (κ2) is 13.3. The molecule has 0 N–H and O–H groups in total. The molecule has 13 heteroatoms. The van der Waals surface area contributed by atoms with Crippen LogP contribution in [0.1, 0.15) is 34.2 Å². The molecule has 0 saturated carbocycles. The van der Waals surface area contributed by atoms with E-state index in [1.165, 1.54) is 12.1 Å². The van der Waals surface area contributed by atoms with Gasteiger partial charge in [-0.05, 0) is 47.9 Å². The molecule has 0 radical (unpaired) electrons. The van der Waals surface area contributed by atoms with E-state index in [1.54, 1.807) is 86.6 Å². The molecule has 1 aliphatic rings. The molecule has 0 aliphatic carbocycles. The van der Waals surface area contributed by atoms with Crippen molar-refractivity contribution in [1.29, 1.82) is 0 Å². The highest BCUT2D eigenvalue weighted by Crippen LogP contribution is 2.56. The molecular weight excluding hydrogens is 616 g/mol. The number of sulfonamides is 1. The van der Waals surface area contributed by atoms with Crippen LogP contribution in [-0.2, 0) is 48.1 Å². The number of hydrogen-bond acceptors (Lipinski definition) is 11. The van der Waals surface area contributed by atoms with Gasteiger partial charge in [0.1, 0.15) is 0 Å². The van der Waals surface area contributed by atoms with E-state index in [0.717, 1.165) is 34.0 Å². The Labute approximate surface area is 267 Å². The highest BCUT2D eigenvalue weighted by atomic mass is 32.2. The fourth-order valence-corrected chi connectivity index (χ4v) is 7.89. The number of hydrogen-bond donors (Lipinski definition) is 0. The van der Waals surface area contributed by atoms with E-state index in [9.17, 15) is 19.2 Å². The fourth-order valence-electron chi connectivity index (χ4n) is 6.02. The number of fused-ring (bicyclic) bond motifs is 1. The fraction of sp³-hybridized carbons (Fsp3) is 0.333. The van der Waals surface area contributed by atoms with Crippen molar-refractivity contribution in [3.63, 3.8) is 0 Å². The van der Waals surface area contributed by atoms with Gasteiger partial charge in [-0.25, -0.2) is 18.0 Å². The molecule has 244 valence electrons. The summed E-state index contributed by atoms with van der Waals surface area (Å²) in [5.41, 5.74) is -0.896. The first-order chi connectivity index (χ1) is 21.8. The zero-order chi connectivity index (χ0) is 34.0. The minimum atomic E-state index is -4.88. The number of benzene rings is 3. The Kier molecular flexibility index (Phi) is 9.88. The highest BCUT2D eigenvalue weighted by molar-refractivity contribution is 7.89. The minimum absolute atomic E-state index is 0.131. The molecule has 1 heterocycles. The summed E-state index contributed by atoms with van der Waals surface area (Å²) in [6, 6.07) is 17.7. The van der Waals surface area contributed by atoms with Crippen LogP contribution in [0.2, 0.25) is 0 Å². The lowest BCUT2D eigenvalue weighted by molar-refractivity contribution is -0.177. The summed E-state index contributed by atoms with van der Waals surface area (Å²) in [6.07, 6.45) is 0. The molecule has 3 aromatic carbocycles. The van der Waals surface area contributed by atoms with E-state index in [4.69, 9.17) is 18.9 Å². The summed E-state index contributed by atoms with van der Waals surface area (Å²) >= 11 is 0. The maximum Gasteiger partial charge on any atom is 0.339 e. The van der Waals surface area contributed by atoms with Crippen LogP contribution in [0.3, 0.4) is 0 Å². The first kappa shape index (κ1) is 34.1. The maximum absolute atomic E-state index is 15.0. The summed E-state index contributed by atoms with van der Waals surface area (Å²) < 4.78 is 51.2. The van der Waals surface area contributed by atoms with Crippen LogP contribution >= 0.6 is 0 Å². The summed E-state index contributed by atoms with van der Waals surface area (Å²) in [5, 5.41) is 0. The molecule has 0 spiro atoms. The molecule has 0 saturated heterocycles. The largest absolute Gasteiger partial charge is 0.468 e. The van der Waals surface area contributed by atoms with Crippen molar-refractivity contribution in [2.75, 3.05) is 47.4 Å². The van der Waals surface area contributed by atoms with Gasteiger partial charge in [0.05, 0.1) is 39.4 Å². The monoisotopic (exact) mass is 652 g/mol. The lowest BCUT2D eigenvalue weighted by atomic mass is 9.65. The van der Waals surface area contributed by atoms with Gasteiger partial charge in [-0.15, -0.1) is 0 Å². The third kappa shape index (κ3) is 5.49. The topological polar surface area (TPSA) is 146 Å². The number of carbonyl (C=O) groups is 4. The predicted molar refractivity (Wildman–Crippen MR) is 166 cm³/mol. The highest BCUT2D eigenvalue weighted by Gasteiger charge is 2.71. The van der Waals surface area contributed by atoms with Crippen molar-refractivity contribution in [2.24, 2.45) is 5.92 Å². The van der Waals surface area contributed by atoms with Crippen LogP contribution in [0, 0.1) is 12.8 Å². The van der Waals surface area contributed by atoms with Gasteiger partial charge in [-0.1, -0.05) is 54.1 Å². The Morgan fingerprint density at radius 2 is 1.30 bits per heavy atom. The number of nitrogens with zero attached hydrogens (tertiary/aromatic N) is 2. The molecule has 0 aromatic heterocycles. The Bertz CT molecular complexity index is 1710. The van der Waals surface area contributed by atoms with Crippen LogP contribution in [0.5, 0.6) is 0 Å². The SMILES string of the molecule is COC(=O)C(C(=O)OC)[C@@H]1c2cc(N(C)C)ccc2[C@@H](c2ccccc2)N(S(=O)(=O)c2ccc(C)cc2)C1(C(=O)OC)C(=O)OC. The van der Waals surface area contributed by atoms with Gasteiger partial charge in [0.15, 0.2) is 5.92 Å². The molecule has 0 amide bonds. The normalized spacial score (nSPS) is 17.4. The van der Waals surface area contributed by atoms with E-state index in [0.29, 0.717) is 21.1 Å². The number of anilines is 1. The van der Waals surface area contributed by atoms with E-state index in [1.807, 2.05) is 0 Å². The summed E-state index contributed by atoms with van der Waals surface area (Å²) in [7, 11) is 2.58. The molecule has 46 heavy (non-hydrogen) atoms. The smallest absolute Gasteiger partial charge is 0.339 e. The third-order valence-electron chi connectivity index (χ3n) is 8.18. The quantitative estimate of drug-likeness (QED) is 0.191. The molecule has 3 aromatic rings. The summed E-state index contributed by atoms with van der Waals surface area (Å²) in [4.78, 5) is 57.4. The zero-order valence-corrected chi connectivity index (χ0v) is 27.4. The van der Waals surface area contributed by atoms with Crippen LogP contribution in [0.25, 0.3) is 0 Å². The van der Waals surface area contributed by atoms with E-state index >= 15 is 8.42 Å². The van der Waals surface area contributed by atoms with Crippen molar-refractivity contribution < 1.29 is 46.5 Å². The maximum atomic E-state index is 15.0. The van der Waals surface area contributed by atoms with Gasteiger partial charge in [0, 0.05) is 25.7 Å². The van der Waals surface area contributed by atoms with Crippen LogP contribution < -0.4 is 4.90 Å². The van der Waals surface area contributed by atoms with Gasteiger partial charge in [0.2, 0.25) is 15.6 Å². The number of esters is 4. The van der Waals surface area contributed by atoms with Crippen molar-refractivity contribution in [3.8, 4) is 0 Å². The number of methoxy groups -OCH3 is 4. The molecule has 0 unspecified atom stereocenters. The van der Waals surface area contributed by atoms with Gasteiger partial charge in [-0.2, -0.15) is 4.31 Å². The van der Waals surface area contributed by atoms with E-state index in [-0.39, 0.29) is 10.5 Å². The summed E-state index contributed by atoms with van der Waals surface area (Å²) in [6.45, 7) is 1.77. The lowest BCUT2D eigenvalue weighted by Crippen LogP contribution is -2.70. The average molecular weight is 653 g/mol. The Balaban J connectivity index is 2.35. The van der Waals surface area contributed by atoms with Crippen molar-refractivity contribution in [3.05, 3.63) is 95.1 Å². The molecule has 1 aliphatic heterocycles. The number of aryl methyl sites for hydroxylation is 1. The standard InChI is InChI=1S/C33H36N2O10S/c1-20-13-16-23(17-14-20)46(40,41)35-28(21-11-9-8-10-12-21)24-18-15-22(34(2)3)19-25(24)27(26(29(36)42-4)30(37)43-5)33(35,31(38)44-6)32(39)45-7/h8-19,26-28H,1-7H3/t27-,28+/m0/s1. The molecule has 4 rings (SSSR count). The molecule has 12 nitrogen and oxygen atoms in total. The van der Waals surface area contributed by atoms with Crippen LogP contribution in [0.4, 0.5) is 5.69 Å². The van der Waals surface area contributed by atoms with Crippen LogP contribution in [-0.4, -0.2) is 84.7 Å². The average Bonchev–Trinajstić information content (AvgIpc) is 3.07. The van der Waals surface area contributed by atoms with Crippen LogP contribution in [0.15, 0.2) is 77.7 Å². The third-order valence-corrected chi connectivity index (χ3v) is 10.1. The first-order valence-corrected chi connectivity index (χ1v) is 15.6. The molecular formula is C33H36N2O10S. The van der Waals surface area contributed by atoms with Crippen molar-refractivity contribution >= 4 is 39.6 Å². The second-order valence-corrected chi connectivity index (χ2v) is 12.7. The molecule has 0 fully saturated rings. The second-order valence-electron chi connectivity index (χ2n) is 10.9. The van der Waals surface area contributed by atoms with Gasteiger partial charge >= 0.3 is 23.9 Å². The van der Waals surface area contributed by atoms with Gasteiger partial charge < -0.3 is 23.8 Å². The predicted octanol–water partition coefficient (Wildman–Crippen LogP) is 2.99. The number of ether oxygens (including phenoxy) is 4. The summed E-state index contributed by atoms with van der Waals surface area (Å²) in [5.74, 6) is -9.05. The lowest BCUT2D eigenvalue weighted by Gasteiger charge is -2.52.